The van der Waals surface area contributed by atoms with Gasteiger partial charge in [0, 0.05) is 37.4 Å². The van der Waals surface area contributed by atoms with E-state index in [4.69, 9.17) is 0 Å². The lowest BCUT2D eigenvalue weighted by molar-refractivity contribution is 0.102. The highest BCUT2D eigenvalue weighted by Crippen LogP contribution is 2.17. The highest BCUT2D eigenvalue weighted by Gasteiger charge is 2.16. The first-order valence-electron chi connectivity index (χ1n) is 11.8. The van der Waals surface area contributed by atoms with E-state index in [-0.39, 0.29) is 5.91 Å². The number of anilines is 1. The van der Waals surface area contributed by atoms with Gasteiger partial charge in [-0.1, -0.05) is 43.3 Å². The highest BCUT2D eigenvalue weighted by molar-refractivity contribution is 6.04. The van der Waals surface area contributed by atoms with E-state index < -0.39 is 0 Å². The van der Waals surface area contributed by atoms with E-state index >= 15 is 0 Å². The summed E-state index contributed by atoms with van der Waals surface area (Å²) in [5, 5.41) is 12.5. The van der Waals surface area contributed by atoms with Crippen LogP contribution in [-0.4, -0.2) is 47.0 Å². The first-order valence-corrected chi connectivity index (χ1v) is 11.8. The molecule has 0 aromatic heterocycles. The number of nitrogens with one attached hydrogen (secondary N) is 1. The summed E-state index contributed by atoms with van der Waals surface area (Å²) in [6, 6.07) is 23.5. The maximum absolute atomic E-state index is 12.6. The molecule has 0 bridgehead atoms. The number of hydrogen-bond donors (Lipinski definition) is 2. The van der Waals surface area contributed by atoms with Crippen molar-refractivity contribution in [2.24, 2.45) is 0 Å². The van der Waals surface area contributed by atoms with Crippen LogP contribution in [0, 0.1) is 0 Å². The standard InChI is InChI=1S/C28H33N3O2/c1-2-22-7-11-25(12-8-22)28(33)29-26-6-3-5-24(19-26)21-31-16-4-15-30(17-18-31)20-23-9-13-27(32)14-10-23/h3,5-14,19,32H,2,4,15-18,20-21H2,1H3,(H,29,33). The van der Waals surface area contributed by atoms with Crippen LogP contribution in [0.4, 0.5) is 5.69 Å². The smallest absolute Gasteiger partial charge is 0.255 e. The molecule has 4 rings (SSSR count). The van der Waals surface area contributed by atoms with E-state index in [2.05, 4.69) is 34.2 Å². The zero-order chi connectivity index (χ0) is 23.0. The lowest BCUT2D eigenvalue weighted by Crippen LogP contribution is -2.30. The van der Waals surface area contributed by atoms with Crippen molar-refractivity contribution in [3.8, 4) is 5.75 Å². The van der Waals surface area contributed by atoms with Crippen molar-refractivity contribution in [2.45, 2.75) is 32.9 Å². The molecule has 172 valence electrons. The van der Waals surface area contributed by atoms with Gasteiger partial charge in [0.1, 0.15) is 5.75 Å². The van der Waals surface area contributed by atoms with Gasteiger partial charge in [-0.25, -0.2) is 0 Å². The molecule has 3 aromatic carbocycles. The Morgan fingerprint density at radius 3 is 2.12 bits per heavy atom. The number of hydrogen-bond acceptors (Lipinski definition) is 4. The lowest BCUT2D eigenvalue weighted by Gasteiger charge is -2.22. The molecule has 0 atom stereocenters. The van der Waals surface area contributed by atoms with Gasteiger partial charge < -0.3 is 10.4 Å². The monoisotopic (exact) mass is 443 g/mol. The van der Waals surface area contributed by atoms with Gasteiger partial charge in [0.2, 0.25) is 0 Å². The number of carbonyl (C=O) groups excluding carboxylic acids is 1. The Balaban J connectivity index is 1.31. The Morgan fingerprint density at radius 2 is 1.45 bits per heavy atom. The van der Waals surface area contributed by atoms with Gasteiger partial charge in [0.05, 0.1) is 0 Å². The Morgan fingerprint density at radius 1 is 0.818 bits per heavy atom. The molecular weight excluding hydrogens is 410 g/mol. The molecule has 1 aliphatic heterocycles. The molecular formula is C28H33N3O2. The average molecular weight is 444 g/mol. The topological polar surface area (TPSA) is 55.8 Å². The maximum Gasteiger partial charge on any atom is 0.255 e. The zero-order valence-electron chi connectivity index (χ0n) is 19.3. The van der Waals surface area contributed by atoms with Gasteiger partial charge >= 0.3 is 0 Å². The predicted octanol–water partition coefficient (Wildman–Crippen LogP) is 4.91. The largest absolute Gasteiger partial charge is 0.508 e. The second-order valence-electron chi connectivity index (χ2n) is 8.78. The van der Waals surface area contributed by atoms with Crippen molar-refractivity contribution >= 4 is 11.6 Å². The molecule has 1 fully saturated rings. The zero-order valence-corrected chi connectivity index (χ0v) is 19.3. The molecule has 0 spiro atoms. The molecule has 3 aromatic rings. The van der Waals surface area contributed by atoms with E-state index in [1.54, 1.807) is 12.1 Å². The van der Waals surface area contributed by atoms with Gasteiger partial charge in [0.25, 0.3) is 5.91 Å². The molecule has 33 heavy (non-hydrogen) atoms. The summed E-state index contributed by atoms with van der Waals surface area (Å²) in [7, 11) is 0. The number of rotatable bonds is 7. The summed E-state index contributed by atoms with van der Waals surface area (Å²) >= 11 is 0. The first-order chi connectivity index (χ1) is 16.1. The molecule has 0 unspecified atom stereocenters. The fourth-order valence-corrected chi connectivity index (χ4v) is 4.30. The summed E-state index contributed by atoms with van der Waals surface area (Å²) in [6.45, 7) is 8.06. The third-order valence-electron chi connectivity index (χ3n) is 6.24. The normalized spacial score (nSPS) is 15.2. The molecule has 5 nitrogen and oxygen atoms in total. The number of phenolic OH excluding ortho intramolecular Hbond substituents is 1. The van der Waals surface area contributed by atoms with Crippen LogP contribution in [0.2, 0.25) is 0 Å². The van der Waals surface area contributed by atoms with Crippen LogP contribution in [0.5, 0.6) is 5.75 Å². The number of nitrogens with zero attached hydrogens (tertiary/aromatic N) is 2. The van der Waals surface area contributed by atoms with Crippen molar-refractivity contribution in [1.82, 2.24) is 9.80 Å². The van der Waals surface area contributed by atoms with Gasteiger partial charge in [-0.2, -0.15) is 0 Å². The summed E-state index contributed by atoms with van der Waals surface area (Å²) < 4.78 is 0. The number of aromatic hydroxyl groups is 1. The number of phenols is 1. The summed E-state index contributed by atoms with van der Waals surface area (Å²) in [6.07, 6.45) is 2.09. The molecule has 1 amide bonds. The lowest BCUT2D eigenvalue weighted by atomic mass is 10.1. The van der Waals surface area contributed by atoms with E-state index in [0.717, 1.165) is 57.8 Å². The van der Waals surface area contributed by atoms with Crippen molar-refractivity contribution in [3.05, 3.63) is 95.1 Å². The average Bonchev–Trinajstić information content (AvgIpc) is 3.06. The summed E-state index contributed by atoms with van der Waals surface area (Å²) in [5.41, 5.74) is 5.18. The van der Waals surface area contributed by atoms with E-state index in [1.807, 2.05) is 48.5 Å². The predicted molar refractivity (Wildman–Crippen MR) is 133 cm³/mol. The number of carbonyl (C=O) groups is 1. The second-order valence-corrected chi connectivity index (χ2v) is 8.78. The fraction of sp³-hybridized carbons (Fsp3) is 0.321. The molecule has 0 radical (unpaired) electrons. The Kier molecular flexibility index (Phi) is 7.76. The highest BCUT2D eigenvalue weighted by atomic mass is 16.3. The van der Waals surface area contributed by atoms with E-state index in [0.29, 0.717) is 11.3 Å². The van der Waals surface area contributed by atoms with Crippen LogP contribution in [0.1, 0.15) is 40.4 Å². The van der Waals surface area contributed by atoms with E-state index in [9.17, 15) is 9.90 Å². The number of benzene rings is 3. The van der Waals surface area contributed by atoms with Gasteiger partial charge in [-0.3, -0.25) is 14.6 Å². The summed E-state index contributed by atoms with van der Waals surface area (Å²) in [4.78, 5) is 17.6. The number of amides is 1. The molecule has 1 saturated heterocycles. The quantitative estimate of drug-likeness (QED) is 0.545. The van der Waals surface area contributed by atoms with Gasteiger partial charge in [-0.05, 0) is 79.0 Å². The molecule has 5 heteroatoms. The van der Waals surface area contributed by atoms with Crippen molar-refractivity contribution < 1.29 is 9.90 Å². The third-order valence-corrected chi connectivity index (χ3v) is 6.24. The van der Waals surface area contributed by atoms with Crippen molar-refractivity contribution in [3.63, 3.8) is 0 Å². The molecule has 2 N–H and O–H groups in total. The molecule has 1 aliphatic rings. The van der Waals surface area contributed by atoms with Crippen LogP contribution in [-0.2, 0) is 19.5 Å². The maximum atomic E-state index is 12.6. The van der Waals surface area contributed by atoms with Crippen molar-refractivity contribution in [2.75, 3.05) is 31.5 Å². The molecule has 0 saturated carbocycles. The SMILES string of the molecule is CCc1ccc(C(=O)Nc2cccc(CN3CCCN(Cc4ccc(O)cc4)CC3)c2)cc1. The Bertz CT molecular complexity index is 1050. The molecule has 0 aliphatic carbocycles. The van der Waals surface area contributed by atoms with Gasteiger partial charge in [0.15, 0.2) is 0 Å². The molecule has 1 heterocycles. The summed E-state index contributed by atoms with van der Waals surface area (Å²) in [5.74, 6) is 0.239. The van der Waals surface area contributed by atoms with Gasteiger partial charge in [-0.15, -0.1) is 0 Å². The van der Waals surface area contributed by atoms with Crippen molar-refractivity contribution in [1.29, 1.82) is 0 Å². The Labute approximate surface area is 196 Å². The number of aryl methyl sites for hydroxylation is 1. The Hall–Kier alpha value is -3.15. The van der Waals surface area contributed by atoms with E-state index in [1.165, 1.54) is 16.7 Å². The second kappa shape index (κ2) is 11.1. The third kappa shape index (κ3) is 6.67. The minimum Gasteiger partial charge on any atom is -0.508 e. The van der Waals surface area contributed by atoms with Crippen LogP contribution < -0.4 is 5.32 Å². The minimum atomic E-state index is -0.0746. The van der Waals surface area contributed by atoms with Crippen LogP contribution in [0.15, 0.2) is 72.8 Å². The fourth-order valence-electron chi connectivity index (χ4n) is 4.30. The minimum absolute atomic E-state index is 0.0746. The first kappa shape index (κ1) is 23.0. The van der Waals surface area contributed by atoms with Crippen LogP contribution >= 0.6 is 0 Å². The van der Waals surface area contributed by atoms with Crippen LogP contribution in [0.25, 0.3) is 0 Å². The van der Waals surface area contributed by atoms with Crippen LogP contribution in [0.3, 0.4) is 0 Å².